The molecule has 2 aliphatic rings. The number of Topliss-reactive ketones (excluding diaryl/α,β-unsaturated/α-hetero) is 1. The standard InChI is InChI=1S/C26H28ClNO2/c1-16(2)17-9-11-18(12-10-17)28-22-14-26(3,4)15-23(29)25(22)20(13-24(28)30)19-7-5-6-8-21(19)27/h5-12,16,20H,13-15H2,1-4H3. The van der Waals surface area contributed by atoms with Crippen LogP contribution in [0.1, 0.15) is 69.9 Å². The molecule has 1 aliphatic carbocycles. The van der Waals surface area contributed by atoms with Crippen LogP contribution in [0.25, 0.3) is 0 Å². The highest BCUT2D eigenvalue weighted by Gasteiger charge is 2.44. The number of allylic oxidation sites excluding steroid dienone is 2. The van der Waals surface area contributed by atoms with Gasteiger partial charge in [-0.15, -0.1) is 0 Å². The molecule has 30 heavy (non-hydrogen) atoms. The largest absolute Gasteiger partial charge is 0.294 e. The van der Waals surface area contributed by atoms with Crippen molar-refractivity contribution in [2.45, 2.75) is 58.8 Å². The molecule has 0 saturated heterocycles. The number of halogens is 1. The number of hydrogen-bond acceptors (Lipinski definition) is 2. The Labute approximate surface area is 183 Å². The van der Waals surface area contributed by atoms with Crippen LogP contribution in [0.5, 0.6) is 0 Å². The molecular weight excluding hydrogens is 394 g/mol. The van der Waals surface area contributed by atoms with Crippen molar-refractivity contribution < 1.29 is 9.59 Å². The Bertz CT molecular complexity index is 1030. The molecule has 0 bridgehead atoms. The van der Waals surface area contributed by atoms with E-state index in [-0.39, 0.29) is 29.4 Å². The molecule has 0 fully saturated rings. The summed E-state index contributed by atoms with van der Waals surface area (Å²) in [5.41, 5.74) is 4.34. The molecule has 0 aromatic heterocycles. The van der Waals surface area contributed by atoms with Gasteiger partial charge in [0, 0.05) is 40.7 Å². The predicted octanol–water partition coefficient (Wildman–Crippen LogP) is 6.63. The van der Waals surface area contributed by atoms with Gasteiger partial charge >= 0.3 is 0 Å². The third kappa shape index (κ3) is 3.72. The highest BCUT2D eigenvalue weighted by molar-refractivity contribution is 6.31. The second-order valence-corrected chi connectivity index (χ2v) is 9.96. The number of hydrogen-bond donors (Lipinski definition) is 0. The number of anilines is 1. The Morgan fingerprint density at radius 1 is 1.00 bits per heavy atom. The Balaban J connectivity index is 1.87. The molecule has 4 heteroatoms. The van der Waals surface area contributed by atoms with Gasteiger partial charge in [-0.3, -0.25) is 14.5 Å². The summed E-state index contributed by atoms with van der Waals surface area (Å²) in [5.74, 6) is 0.283. The minimum Gasteiger partial charge on any atom is -0.294 e. The Kier molecular flexibility index (Phi) is 5.36. The molecule has 2 aromatic rings. The second-order valence-electron chi connectivity index (χ2n) is 9.55. The number of ketones is 1. The van der Waals surface area contributed by atoms with Crippen LogP contribution < -0.4 is 4.90 Å². The normalized spacial score (nSPS) is 21.3. The van der Waals surface area contributed by atoms with Crippen molar-refractivity contribution in [3.63, 3.8) is 0 Å². The minimum absolute atomic E-state index is 0.0152. The predicted molar refractivity (Wildman–Crippen MR) is 122 cm³/mol. The third-order valence-electron chi connectivity index (χ3n) is 6.24. The van der Waals surface area contributed by atoms with E-state index in [9.17, 15) is 9.59 Å². The lowest BCUT2D eigenvalue weighted by atomic mass is 9.69. The molecule has 0 spiro atoms. The number of carbonyl (C=O) groups excluding carboxylic acids is 2. The number of nitrogens with zero attached hydrogens (tertiary/aromatic N) is 1. The highest BCUT2D eigenvalue weighted by Crippen LogP contribution is 2.49. The number of benzene rings is 2. The van der Waals surface area contributed by atoms with Gasteiger partial charge in [0.1, 0.15) is 0 Å². The van der Waals surface area contributed by atoms with Crippen LogP contribution in [-0.4, -0.2) is 11.7 Å². The van der Waals surface area contributed by atoms with Crippen LogP contribution in [0.4, 0.5) is 5.69 Å². The van der Waals surface area contributed by atoms with Crippen molar-refractivity contribution in [1.29, 1.82) is 0 Å². The van der Waals surface area contributed by atoms with Crippen molar-refractivity contribution in [2.24, 2.45) is 5.41 Å². The molecule has 1 atom stereocenters. The van der Waals surface area contributed by atoms with E-state index >= 15 is 0 Å². The molecule has 156 valence electrons. The minimum atomic E-state index is -0.281. The van der Waals surface area contributed by atoms with Crippen LogP contribution in [0.3, 0.4) is 0 Å². The Morgan fingerprint density at radius 2 is 1.67 bits per heavy atom. The molecule has 0 N–H and O–H groups in total. The lowest BCUT2D eigenvalue weighted by Crippen LogP contribution is -2.43. The van der Waals surface area contributed by atoms with Crippen LogP contribution >= 0.6 is 11.6 Å². The lowest BCUT2D eigenvalue weighted by molar-refractivity contribution is -0.121. The highest BCUT2D eigenvalue weighted by atomic mass is 35.5. The van der Waals surface area contributed by atoms with Gasteiger partial charge in [-0.25, -0.2) is 0 Å². The van der Waals surface area contributed by atoms with Gasteiger partial charge in [-0.05, 0) is 47.1 Å². The smallest absolute Gasteiger partial charge is 0.232 e. The van der Waals surface area contributed by atoms with Gasteiger partial charge < -0.3 is 0 Å². The number of amides is 1. The first kappa shape index (κ1) is 20.9. The fraction of sp³-hybridized carbons (Fsp3) is 0.385. The Morgan fingerprint density at radius 3 is 2.30 bits per heavy atom. The van der Waals surface area contributed by atoms with Gasteiger partial charge in [-0.1, -0.05) is 69.6 Å². The van der Waals surface area contributed by atoms with Crippen molar-refractivity contribution in [3.05, 3.63) is 76.0 Å². The van der Waals surface area contributed by atoms with Crippen LogP contribution in [0.2, 0.25) is 5.02 Å². The molecule has 0 radical (unpaired) electrons. The van der Waals surface area contributed by atoms with Crippen molar-refractivity contribution in [1.82, 2.24) is 0 Å². The summed E-state index contributed by atoms with van der Waals surface area (Å²) < 4.78 is 0. The molecule has 4 rings (SSSR count). The van der Waals surface area contributed by atoms with E-state index in [2.05, 4.69) is 39.8 Å². The topological polar surface area (TPSA) is 37.4 Å². The molecule has 3 nitrogen and oxygen atoms in total. The molecule has 1 heterocycles. The number of carbonyl (C=O) groups is 2. The zero-order chi connectivity index (χ0) is 21.6. The van der Waals surface area contributed by atoms with E-state index in [0.29, 0.717) is 23.8 Å². The molecule has 2 aromatic carbocycles. The quantitative estimate of drug-likeness (QED) is 0.557. The molecule has 1 amide bonds. The first-order valence-electron chi connectivity index (χ1n) is 10.6. The maximum Gasteiger partial charge on any atom is 0.232 e. The van der Waals surface area contributed by atoms with E-state index in [1.165, 1.54) is 5.56 Å². The summed E-state index contributed by atoms with van der Waals surface area (Å²) in [4.78, 5) is 28.5. The molecule has 1 aliphatic heterocycles. The summed E-state index contributed by atoms with van der Waals surface area (Å²) in [6, 6.07) is 15.7. The summed E-state index contributed by atoms with van der Waals surface area (Å²) in [6.07, 6.45) is 1.43. The van der Waals surface area contributed by atoms with Crippen molar-refractivity contribution >= 4 is 29.0 Å². The van der Waals surface area contributed by atoms with Crippen molar-refractivity contribution in [3.8, 4) is 0 Å². The zero-order valence-electron chi connectivity index (χ0n) is 18.0. The second kappa shape index (κ2) is 7.70. The first-order valence-corrected chi connectivity index (χ1v) is 11.0. The molecular formula is C26H28ClNO2. The van der Waals surface area contributed by atoms with Crippen LogP contribution in [0.15, 0.2) is 59.8 Å². The van der Waals surface area contributed by atoms with Crippen LogP contribution in [-0.2, 0) is 9.59 Å². The molecule has 0 saturated carbocycles. The van der Waals surface area contributed by atoms with E-state index in [0.717, 1.165) is 22.5 Å². The average molecular weight is 422 g/mol. The van der Waals surface area contributed by atoms with Gasteiger partial charge in [-0.2, -0.15) is 0 Å². The summed E-state index contributed by atoms with van der Waals surface area (Å²) in [6.45, 7) is 8.49. The fourth-order valence-electron chi connectivity index (χ4n) is 4.75. The van der Waals surface area contributed by atoms with E-state index < -0.39 is 0 Å². The maximum atomic E-state index is 13.4. The van der Waals surface area contributed by atoms with Crippen LogP contribution in [0, 0.1) is 5.41 Å². The van der Waals surface area contributed by atoms with Gasteiger partial charge in [0.15, 0.2) is 5.78 Å². The molecule has 1 unspecified atom stereocenters. The Hall–Kier alpha value is -2.39. The average Bonchev–Trinajstić information content (AvgIpc) is 2.67. The van der Waals surface area contributed by atoms with E-state index in [1.807, 2.05) is 36.4 Å². The first-order chi connectivity index (χ1) is 14.2. The summed E-state index contributed by atoms with van der Waals surface area (Å²) in [7, 11) is 0. The monoisotopic (exact) mass is 421 g/mol. The van der Waals surface area contributed by atoms with Gasteiger partial charge in [0.25, 0.3) is 0 Å². The zero-order valence-corrected chi connectivity index (χ0v) is 18.8. The van der Waals surface area contributed by atoms with Crippen molar-refractivity contribution in [2.75, 3.05) is 4.90 Å². The van der Waals surface area contributed by atoms with E-state index in [1.54, 1.807) is 4.90 Å². The SMILES string of the molecule is CC(C)c1ccc(N2C(=O)CC(c3ccccc3Cl)C3=C2CC(C)(C)CC3=O)cc1. The maximum absolute atomic E-state index is 13.4. The summed E-state index contributed by atoms with van der Waals surface area (Å²) >= 11 is 6.48. The fourth-order valence-corrected chi connectivity index (χ4v) is 5.01. The number of rotatable bonds is 3. The van der Waals surface area contributed by atoms with Gasteiger partial charge in [0.2, 0.25) is 5.91 Å². The van der Waals surface area contributed by atoms with E-state index in [4.69, 9.17) is 11.6 Å². The van der Waals surface area contributed by atoms with Gasteiger partial charge in [0.05, 0.1) is 0 Å². The lowest BCUT2D eigenvalue weighted by Gasteiger charge is -2.43. The third-order valence-corrected chi connectivity index (χ3v) is 6.59. The summed E-state index contributed by atoms with van der Waals surface area (Å²) in [5, 5.41) is 0.606.